The normalized spacial score (nSPS) is 22.2. The molecule has 0 aliphatic carbocycles. The smallest absolute Gasteiger partial charge is 0.265 e. The summed E-state index contributed by atoms with van der Waals surface area (Å²) in [4.78, 5) is 14.2. The summed E-state index contributed by atoms with van der Waals surface area (Å²) in [5.74, 6) is 0.0652. The van der Waals surface area contributed by atoms with Crippen LogP contribution in [-0.4, -0.2) is 34.3 Å². The molecule has 1 saturated heterocycles. The summed E-state index contributed by atoms with van der Waals surface area (Å²) < 4.78 is 3.90. The van der Waals surface area contributed by atoms with Gasteiger partial charge in [-0.05, 0) is 24.0 Å². The number of carbonyl (C=O) groups excluding carboxylic acids is 1. The van der Waals surface area contributed by atoms with E-state index >= 15 is 0 Å². The van der Waals surface area contributed by atoms with E-state index in [9.17, 15) is 4.79 Å². The van der Waals surface area contributed by atoms with Crippen LogP contribution >= 0.6 is 11.5 Å². The van der Waals surface area contributed by atoms with Gasteiger partial charge in [0.25, 0.3) is 5.91 Å². The second-order valence-electron chi connectivity index (χ2n) is 3.18. The van der Waals surface area contributed by atoms with Crippen molar-refractivity contribution >= 4 is 17.4 Å². The molecule has 1 amide bonds. The molecule has 1 aromatic rings. The Morgan fingerprint density at radius 1 is 1.77 bits per heavy atom. The fourth-order valence-electron chi connectivity index (χ4n) is 1.45. The van der Waals surface area contributed by atoms with E-state index in [0.29, 0.717) is 11.4 Å². The largest absolute Gasteiger partial charge is 0.336 e. The van der Waals surface area contributed by atoms with E-state index in [1.807, 2.05) is 0 Å². The summed E-state index contributed by atoms with van der Waals surface area (Å²) >= 11 is 1.24. The third-order valence-corrected chi connectivity index (χ3v) is 2.90. The summed E-state index contributed by atoms with van der Waals surface area (Å²) in [5.41, 5.74) is 5.71. The first-order chi connectivity index (χ1) is 6.27. The zero-order valence-corrected chi connectivity index (χ0v) is 7.96. The summed E-state index contributed by atoms with van der Waals surface area (Å²) in [7, 11) is 0. The van der Waals surface area contributed by atoms with Crippen LogP contribution in [0, 0.1) is 0 Å². The Morgan fingerprint density at radius 3 is 3.15 bits per heavy atom. The van der Waals surface area contributed by atoms with Gasteiger partial charge in [-0.25, -0.2) is 4.37 Å². The average molecular weight is 197 g/mol. The highest BCUT2D eigenvalue weighted by atomic mass is 32.1. The van der Waals surface area contributed by atoms with E-state index in [1.165, 1.54) is 11.5 Å². The SMILES string of the molecule is NC1CCN(C(=O)c2ccns2)C1. The molecular formula is C8H11N3OS. The maximum atomic E-state index is 11.7. The van der Waals surface area contributed by atoms with Gasteiger partial charge in [-0.3, -0.25) is 4.79 Å². The molecular weight excluding hydrogens is 186 g/mol. The highest BCUT2D eigenvalue weighted by Gasteiger charge is 2.24. The molecule has 0 spiro atoms. The molecule has 0 saturated carbocycles. The van der Waals surface area contributed by atoms with Crippen molar-refractivity contribution in [2.75, 3.05) is 13.1 Å². The summed E-state index contributed by atoms with van der Waals surface area (Å²) in [6.45, 7) is 1.45. The second-order valence-corrected chi connectivity index (χ2v) is 4.01. The Hall–Kier alpha value is -0.940. The van der Waals surface area contributed by atoms with Gasteiger partial charge >= 0.3 is 0 Å². The molecule has 13 heavy (non-hydrogen) atoms. The van der Waals surface area contributed by atoms with E-state index in [1.54, 1.807) is 17.2 Å². The fraction of sp³-hybridized carbons (Fsp3) is 0.500. The first kappa shape index (κ1) is 8.65. The minimum absolute atomic E-state index is 0.0652. The lowest BCUT2D eigenvalue weighted by molar-refractivity contribution is 0.0795. The number of nitrogens with two attached hydrogens (primary N) is 1. The maximum Gasteiger partial charge on any atom is 0.265 e. The van der Waals surface area contributed by atoms with Crippen LogP contribution in [0.2, 0.25) is 0 Å². The number of nitrogens with zero attached hydrogens (tertiary/aromatic N) is 2. The number of likely N-dealkylation sites (tertiary alicyclic amines) is 1. The van der Waals surface area contributed by atoms with E-state index in [4.69, 9.17) is 5.73 Å². The minimum Gasteiger partial charge on any atom is -0.336 e. The van der Waals surface area contributed by atoms with Crippen LogP contribution in [0.3, 0.4) is 0 Å². The standard InChI is InChI=1S/C8H11N3OS/c9-6-2-4-11(5-6)8(12)7-1-3-10-13-7/h1,3,6H,2,4-5,9H2. The molecule has 2 N–H and O–H groups in total. The van der Waals surface area contributed by atoms with Crippen LogP contribution in [0.25, 0.3) is 0 Å². The molecule has 0 aromatic carbocycles. The molecule has 1 atom stereocenters. The second kappa shape index (κ2) is 3.43. The van der Waals surface area contributed by atoms with Gasteiger partial charge in [0.2, 0.25) is 0 Å². The number of rotatable bonds is 1. The number of aromatic nitrogens is 1. The Morgan fingerprint density at radius 2 is 2.62 bits per heavy atom. The van der Waals surface area contributed by atoms with Crippen LogP contribution < -0.4 is 5.73 Å². The predicted octanol–water partition coefficient (Wildman–Crippen LogP) is 0.316. The van der Waals surface area contributed by atoms with Crippen molar-refractivity contribution in [3.8, 4) is 0 Å². The molecule has 4 nitrogen and oxygen atoms in total. The first-order valence-corrected chi connectivity index (χ1v) is 5.00. The van der Waals surface area contributed by atoms with Crippen molar-refractivity contribution in [2.45, 2.75) is 12.5 Å². The maximum absolute atomic E-state index is 11.7. The molecule has 1 aliphatic heterocycles. The summed E-state index contributed by atoms with van der Waals surface area (Å²) in [5, 5.41) is 0. The number of hydrogen-bond acceptors (Lipinski definition) is 4. The molecule has 1 fully saturated rings. The molecule has 1 aromatic heterocycles. The first-order valence-electron chi connectivity index (χ1n) is 4.23. The molecule has 1 aliphatic rings. The molecule has 2 rings (SSSR count). The van der Waals surface area contributed by atoms with Gasteiger partial charge in [0.05, 0.1) is 0 Å². The van der Waals surface area contributed by atoms with Crippen molar-refractivity contribution in [1.29, 1.82) is 0 Å². The van der Waals surface area contributed by atoms with Crippen molar-refractivity contribution < 1.29 is 4.79 Å². The van der Waals surface area contributed by atoms with Gasteiger partial charge in [-0.1, -0.05) is 0 Å². The monoisotopic (exact) mass is 197 g/mol. The van der Waals surface area contributed by atoms with Gasteiger partial charge in [-0.15, -0.1) is 0 Å². The molecule has 5 heteroatoms. The van der Waals surface area contributed by atoms with Gasteiger partial charge in [0.15, 0.2) is 0 Å². The van der Waals surface area contributed by atoms with Crippen LogP contribution in [-0.2, 0) is 0 Å². The fourth-order valence-corrected chi connectivity index (χ4v) is 2.02. The summed E-state index contributed by atoms with van der Waals surface area (Å²) in [6.07, 6.45) is 2.55. The summed E-state index contributed by atoms with van der Waals surface area (Å²) in [6, 6.07) is 1.90. The quantitative estimate of drug-likeness (QED) is 0.705. The van der Waals surface area contributed by atoms with Crippen molar-refractivity contribution in [3.63, 3.8) is 0 Å². The third-order valence-electron chi connectivity index (χ3n) is 2.16. The van der Waals surface area contributed by atoms with Gasteiger partial charge in [0, 0.05) is 25.3 Å². The minimum atomic E-state index is 0.0652. The van der Waals surface area contributed by atoms with Gasteiger partial charge in [0.1, 0.15) is 4.88 Å². The topological polar surface area (TPSA) is 59.2 Å². The highest BCUT2D eigenvalue weighted by molar-refractivity contribution is 7.08. The number of amides is 1. The predicted molar refractivity (Wildman–Crippen MR) is 50.6 cm³/mol. The lowest BCUT2D eigenvalue weighted by Crippen LogP contribution is -2.31. The van der Waals surface area contributed by atoms with Crippen LogP contribution in [0.15, 0.2) is 12.3 Å². The Labute approximate surface area is 80.5 Å². The molecule has 70 valence electrons. The van der Waals surface area contributed by atoms with E-state index in [-0.39, 0.29) is 11.9 Å². The Balaban J connectivity index is 2.06. The number of carbonyl (C=O) groups is 1. The molecule has 0 radical (unpaired) electrons. The zero-order chi connectivity index (χ0) is 9.26. The van der Waals surface area contributed by atoms with Crippen LogP contribution in [0.5, 0.6) is 0 Å². The Bertz CT molecular complexity index is 298. The van der Waals surface area contributed by atoms with Gasteiger partial charge < -0.3 is 10.6 Å². The lowest BCUT2D eigenvalue weighted by Gasteiger charge is -2.13. The third kappa shape index (κ3) is 1.71. The molecule has 0 bridgehead atoms. The highest BCUT2D eigenvalue weighted by Crippen LogP contribution is 2.14. The van der Waals surface area contributed by atoms with Gasteiger partial charge in [-0.2, -0.15) is 0 Å². The lowest BCUT2D eigenvalue weighted by atomic mass is 10.3. The van der Waals surface area contributed by atoms with Crippen LogP contribution in [0.1, 0.15) is 16.1 Å². The van der Waals surface area contributed by atoms with Crippen molar-refractivity contribution in [1.82, 2.24) is 9.27 Å². The zero-order valence-electron chi connectivity index (χ0n) is 7.14. The van der Waals surface area contributed by atoms with Crippen molar-refractivity contribution in [3.05, 3.63) is 17.1 Å². The van der Waals surface area contributed by atoms with Crippen molar-refractivity contribution in [2.24, 2.45) is 5.73 Å². The molecule has 1 unspecified atom stereocenters. The van der Waals surface area contributed by atoms with E-state index in [0.717, 1.165) is 13.0 Å². The van der Waals surface area contributed by atoms with E-state index < -0.39 is 0 Å². The average Bonchev–Trinajstić information content (AvgIpc) is 2.72. The van der Waals surface area contributed by atoms with E-state index in [2.05, 4.69) is 4.37 Å². The number of hydrogen-bond donors (Lipinski definition) is 1. The molecule has 2 heterocycles. The Kier molecular flexibility index (Phi) is 2.28. The van der Waals surface area contributed by atoms with Crippen LogP contribution in [0.4, 0.5) is 0 Å².